The van der Waals surface area contributed by atoms with E-state index in [0.29, 0.717) is 19.5 Å². The first-order chi connectivity index (χ1) is 9.32. The zero-order chi connectivity index (χ0) is 14.9. The normalized spacial score (nSPS) is 19.4. The molecule has 110 valence electrons. The highest BCUT2D eigenvalue weighted by Gasteiger charge is 2.29. The molecule has 20 heavy (non-hydrogen) atoms. The number of benzene rings is 1. The summed E-state index contributed by atoms with van der Waals surface area (Å²) in [5.41, 5.74) is -0.302. The zero-order valence-corrected chi connectivity index (χ0v) is 12.2. The highest BCUT2D eigenvalue weighted by molar-refractivity contribution is 8.13. The van der Waals surface area contributed by atoms with Gasteiger partial charge in [-0.2, -0.15) is 0 Å². The largest absolute Gasteiger partial charge is 0.380 e. The zero-order valence-electron chi connectivity index (χ0n) is 10.7. The Labute approximate surface area is 120 Å². The fourth-order valence-corrected chi connectivity index (χ4v) is 2.87. The highest BCUT2D eigenvalue weighted by Crippen LogP contribution is 2.22. The van der Waals surface area contributed by atoms with Crippen molar-refractivity contribution in [2.24, 2.45) is 0 Å². The number of halogens is 2. The second-order valence-electron chi connectivity index (χ2n) is 4.48. The van der Waals surface area contributed by atoms with E-state index in [1.807, 2.05) is 0 Å². The van der Waals surface area contributed by atoms with Gasteiger partial charge >= 0.3 is 0 Å². The number of ether oxygens (including phenoxy) is 1. The van der Waals surface area contributed by atoms with Gasteiger partial charge in [-0.25, -0.2) is 12.8 Å². The lowest BCUT2D eigenvalue weighted by Crippen LogP contribution is -2.30. The first kappa shape index (κ1) is 15.2. The van der Waals surface area contributed by atoms with Gasteiger partial charge in [0.15, 0.2) is 0 Å². The molecule has 1 saturated heterocycles. The van der Waals surface area contributed by atoms with Crippen molar-refractivity contribution in [2.75, 3.05) is 20.2 Å². The van der Waals surface area contributed by atoms with E-state index in [4.69, 9.17) is 15.4 Å². The maximum atomic E-state index is 13.7. The monoisotopic (exact) mass is 321 g/mol. The van der Waals surface area contributed by atoms with Crippen LogP contribution in [0.3, 0.4) is 0 Å². The number of carbonyl (C=O) groups is 1. The van der Waals surface area contributed by atoms with Crippen LogP contribution in [0.15, 0.2) is 23.1 Å². The second kappa shape index (κ2) is 5.67. The van der Waals surface area contributed by atoms with E-state index in [2.05, 4.69) is 0 Å². The van der Waals surface area contributed by atoms with Crippen LogP contribution in [0.4, 0.5) is 4.39 Å². The fraction of sp³-hybridized carbons (Fsp3) is 0.417. The predicted molar refractivity (Wildman–Crippen MR) is 70.8 cm³/mol. The molecule has 0 radical (unpaired) electrons. The third-order valence-corrected chi connectivity index (χ3v) is 4.57. The van der Waals surface area contributed by atoms with Crippen molar-refractivity contribution in [3.8, 4) is 0 Å². The summed E-state index contributed by atoms with van der Waals surface area (Å²) in [4.78, 5) is 13.3. The van der Waals surface area contributed by atoms with Crippen LogP contribution in [0.2, 0.25) is 0 Å². The topological polar surface area (TPSA) is 63.7 Å². The number of hydrogen-bond acceptors (Lipinski definition) is 4. The van der Waals surface area contributed by atoms with Crippen molar-refractivity contribution < 1.29 is 22.3 Å². The third kappa shape index (κ3) is 3.11. The molecular weight excluding hydrogens is 309 g/mol. The molecule has 5 nitrogen and oxygen atoms in total. The van der Waals surface area contributed by atoms with Crippen molar-refractivity contribution in [3.05, 3.63) is 29.6 Å². The Morgan fingerprint density at radius 2 is 2.20 bits per heavy atom. The maximum absolute atomic E-state index is 13.7. The molecule has 1 heterocycles. The van der Waals surface area contributed by atoms with E-state index in [1.54, 1.807) is 7.11 Å². The molecule has 8 heteroatoms. The molecule has 1 amide bonds. The van der Waals surface area contributed by atoms with E-state index >= 15 is 0 Å². The van der Waals surface area contributed by atoms with E-state index < -0.39 is 20.8 Å². The third-order valence-electron chi connectivity index (χ3n) is 3.22. The lowest BCUT2D eigenvalue weighted by molar-refractivity contribution is 0.0719. The molecule has 1 aromatic rings. The number of likely N-dealkylation sites (tertiary alicyclic amines) is 1. The minimum absolute atomic E-state index is 0.0815. The summed E-state index contributed by atoms with van der Waals surface area (Å²) in [5.74, 6) is -1.34. The average molecular weight is 322 g/mol. The molecule has 0 aliphatic carbocycles. The standard InChI is InChI=1S/C12H13ClFNO4S/c1-19-8-4-5-15(7-8)12(16)10-6-9(20(13,17)18)2-3-11(10)14/h2-3,6,8H,4-5,7H2,1H3. The number of rotatable bonds is 3. The van der Waals surface area contributed by atoms with Crippen LogP contribution in [0.5, 0.6) is 0 Å². The molecule has 1 aliphatic rings. The summed E-state index contributed by atoms with van der Waals surface area (Å²) in [6.07, 6.45) is 0.583. The summed E-state index contributed by atoms with van der Waals surface area (Å²) < 4.78 is 41.3. The molecule has 1 fully saturated rings. The SMILES string of the molecule is COC1CCN(C(=O)c2cc(S(=O)(=O)Cl)ccc2F)C1. The van der Waals surface area contributed by atoms with Gasteiger partial charge in [0.25, 0.3) is 15.0 Å². The number of carbonyl (C=O) groups excluding carboxylic acids is 1. The molecule has 0 saturated carbocycles. The minimum atomic E-state index is -4.00. The number of methoxy groups -OCH3 is 1. The molecule has 1 atom stereocenters. The molecular formula is C12H13ClFNO4S. The van der Waals surface area contributed by atoms with Gasteiger partial charge in [-0.3, -0.25) is 4.79 Å². The van der Waals surface area contributed by atoms with Gasteiger partial charge in [0.05, 0.1) is 16.6 Å². The Morgan fingerprint density at radius 3 is 2.75 bits per heavy atom. The summed E-state index contributed by atoms with van der Waals surface area (Å²) in [6.45, 7) is 0.793. The van der Waals surface area contributed by atoms with Gasteiger partial charge in [-0.1, -0.05) is 0 Å². The summed E-state index contributed by atoms with van der Waals surface area (Å²) in [5, 5.41) is 0. The van der Waals surface area contributed by atoms with Gasteiger partial charge in [0.2, 0.25) is 0 Å². The lowest BCUT2D eigenvalue weighted by Gasteiger charge is -2.16. The van der Waals surface area contributed by atoms with E-state index in [1.165, 1.54) is 4.90 Å². The van der Waals surface area contributed by atoms with Gasteiger partial charge in [-0.15, -0.1) is 0 Å². The Bertz CT molecular complexity index is 634. The van der Waals surface area contributed by atoms with Gasteiger partial charge in [0, 0.05) is 30.9 Å². The Morgan fingerprint density at radius 1 is 1.50 bits per heavy atom. The second-order valence-corrected chi connectivity index (χ2v) is 7.04. The quantitative estimate of drug-likeness (QED) is 0.794. The number of hydrogen-bond donors (Lipinski definition) is 0. The van der Waals surface area contributed by atoms with Crippen molar-refractivity contribution in [1.29, 1.82) is 0 Å². The van der Waals surface area contributed by atoms with Crippen molar-refractivity contribution >= 4 is 25.6 Å². The van der Waals surface area contributed by atoms with Crippen LogP contribution in [0.1, 0.15) is 16.8 Å². The van der Waals surface area contributed by atoms with E-state index in [-0.39, 0.29) is 16.6 Å². The van der Waals surface area contributed by atoms with Crippen LogP contribution in [0, 0.1) is 5.82 Å². The Kier molecular flexibility index (Phi) is 4.31. The molecule has 0 spiro atoms. The molecule has 1 aromatic carbocycles. The summed E-state index contributed by atoms with van der Waals surface area (Å²) >= 11 is 0. The van der Waals surface area contributed by atoms with E-state index in [9.17, 15) is 17.6 Å². The number of amides is 1. The van der Waals surface area contributed by atoms with Crippen molar-refractivity contribution in [1.82, 2.24) is 4.90 Å². The fourth-order valence-electron chi connectivity index (χ4n) is 2.10. The maximum Gasteiger partial charge on any atom is 0.261 e. The van der Waals surface area contributed by atoms with Crippen LogP contribution < -0.4 is 0 Å². The molecule has 0 aromatic heterocycles. The highest BCUT2D eigenvalue weighted by atomic mass is 35.7. The molecule has 1 unspecified atom stereocenters. The first-order valence-corrected chi connectivity index (χ1v) is 8.20. The molecule has 0 bridgehead atoms. The van der Waals surface area contributed by atoms with Crippen molar-refractivity contribution in [2.45, 2.75) is 17.4 Å². The predicted octanol–water partition coefficient (Wildman–Crippen LogP) is 1.61. The smallest absolute Gasteiger partial charge is 0.261 e. The number of nitrogens with zero attached hydrogens (tertiary/aromatic N) is 1. The minimum Gasteiger partial charge on any atom is -0.380 e. The van der Waals surface area contributed by atoms with Gasteiger partial charge in [-0.05, 0) is 24.6 Å². The summed E-state index contributed by atoms with van der Waals surface area (Å²) in [7, 11) is 2.73. The molecule has 1 aliphatic heterocycles. The van der Waals surface area contributed by atoms with Gasteiger partial charge < -0.3 is 9.64 Å². The molecule has 2 rings (SSSR count). The summed E-state index contributed by atoms with van der Waals surface area (Å²) in [6, 6.07) is 2.91. The van der Waals surface area contributed by atoms with Crippen molar-refractivity contribution in [3.63, 3.8) is 0 Å². The van der Waals surface area contributed by atoms with Crippen LogP contribution >= 0.6 is 10.7 Å². The Balaban J connectivity index is 2.30. The first-order valence-electron chi connectivity index (χ1n) is 5.89. The van der Waals surface area contributed by atoms with E-state index in [0.717, 1.165) is 18.2 Å². The van der Waals surface area contributed by atoms with Crippen LogP contribution in [0.25, 0.3) is 0 Å². The Hall–Kier alpha value is -1.18. The van der Waals surface area contributed by atoms with Gasteiger partial charge in [0.1, 0.15) is 5.82 Å². The lowest BCUT2D eigenvalue weighted by atomic mass is 10.2. The molecule has 0 N–H and O–H groups in total. The van der Waals surface area contributed by atoms with Crippen LogP contribution in [-0.4, -0.2) is 45.5 Å². The van der Waals surface area contributed by atoms with Crippen LogP contribution in [-0.2, 0) is 13.8 Å². The average Bonchev–Trinajstić information content (AvgIpc) is 2.86.